The predicted octanol–water partition coefficient (Wildman–Crippen LogP) is 4.53. The van der Waals surface area contributed by atoms with Crippen LogP contribution in [0.15, 0.2) is 12.1 Å². The van der Waals surface area contributed by atoms with Crippen molar-refractivity contribution in [2.75, 3.05) is 0 Å². The minimum atomic E-state index is -4.47. The molecule has 92 valence electrons. The summed E-state index contributed by atoms with van der Waals surface area (Å²) in [4.78, 5) is 0. The lowest BCUT2D eigenvalue weighted by Crippen LogP contribution is -2.20. The highest BCUT2D eigenvalue weighted by molar-refractivity contribution is 6.31. The van der Waals surface area contributed by atoms with E-state index in [4.69, 9.17) is 16.9 Å². The lowest BCUT2D eigenvalue weighted by molar-refractivity contribution is -0.138. The van der Waals surface area contributed by atoms with Crippen LogP contribution >= 0.6 is 11.6 Å². The molecule has 0 atom stereocenters. The molecule has 0 aromatic heterocycles. The Labute approximate surface area is 103 Å². The van der Waals surface area contributed by atoms with Crippen molar-refractivity contribution in [1.82, 2.24) is 0 Å². The zero-order valence-electron chi connectivity index (χ0n) is 9.61. The topological polar surface area (TPSA) is 23.8 Å². The van der Waals surface area contributed by atoms with Gasteiger partial charge in [0, 0.05) is 0 Å². The molecule has 0 aliphatic heterocycles. The fraction of sp³-hybridized carbons (Fsp3) is 0.417. The Morgan fingerprint density at radius 2 is 1.65 bits per heavy atom. The van der Waals surface area contributed by atoms with Crippen LogP contribution in [0.25, 0.3) is 0 Å². The number of hydrogen-bond acceptors (Lipinski definition) is 1. The van der Waals surface area contributed by atoms with Gasteiger partial charge in [-0.05, 0) is 23.1 Å². The molecule has 0 amide bonds. The number of halogens is 4. The van der Waals surface area contributed by atoms with Gasteiger partial charge in [0.2, 0.25) is 0 Å². The Hall–Kier alpha value is -1.21. The van der Waals surface area contributed by atoms with Crippen molar-refractivity contribution in [2.24, 2.45) is 0 Å². The first kappa shape index (κ1) is 13.9. The number of hydrogen-bond donors (Lipinski definition) is 0. The van der Waals surface area contributed by atoms with Gasteiger partial charge in [-0.25, -0.2) is 0 Å². The Morgan fingerprint density at radius 3 is 2.00 bits per heavy atom. The second kappa shape index (κ2) is 4.23. The molecule has 0 bridgehead atoms. The van der Waals surface area contributed by atoms with Crippen molar-refractivity contribution >= 4 is 11.6 Å². The van der Waals surface area contributed by atoms with Gasteiger partial charge in [0.25, 0.3) is 0 Å². The van der Waals surface area contributed by atoms with E-state index >= 15 is 0 Å². The van der Waals surface area contributed by atoms with E-state index in [9.17, 15) is 13.2 Å². The van der Waals surface area contributed by atoms with Crippen molar-refractivity contribution in [3.05, 3.63) is 33.8 Å². The summed E-state index contributed by atoms with van der Waals surface area (Å²) in [5.41, 5.74) is -1.36. The summed E-state index contributed by atoms with van der Waals surface area (Å²) < 4.78 is 38.6. The molecular formula is C12H11ClF3N. The third-order valence-electron chi connectivity index (χ3n) is 2.34. The summed E-state index contributed by atoms with van der Waals surface area (Å²) in [5, 5.41) is 8.61. The lowest BCUT2D eigenvalue weighted by atomic mass is 9.82. The van der Waals surface area contributed by atoms with Crippen LogP contribution in [0.4, 0.5) is 13.2 Å². The monoisotopic (exact) mass is 261 g/mol. The average molecular weight is 262 g/mol. The summed E-state index contributed by atoms with van der Waals surface area (Å²) in [6.07, 6.45) is -4.47. The zero-order chi connectivity index (χ0) is 13.4. The van der Waals surface area contributed by atoms with Gasteiger partial charge in [-0.15, -0.1) is 0 Å². The molecule has 0 saturated carbocycles. The Morgan fingerprint density at radius 1 is 1.12 bits per heavy atom. The third-order valence-corrected chi connectivity index (χ3v) is 2.65. The largest absolute Gasteiger partial charge is 0.416 e. The van der Waals surface area contributed by atoms with Gasteiger partial charge in [0.1, 0.15) is 6.07 Å². The molecule has 0 spiro atoms. The van der Waals surface area contributed by atoms with Gasteiger partial charge in [-0.2, -0.15) is 18.4 Å². The van der Waals surface area contributed by atoms with Crippen LogP contribution in [-0.2, 0) is 11.6 Å². The van der Waals surface area contributed by atoms with Gasteiger partial charge >= 0.3 is 6.18 Å². The highest BCUT2D eigenvalue weighted by Gasteiger charge is 2.37. The molecule has 0 saturated heterocycles. The van der Waals surface area contributed by atoms with Gasteiger partial charge in [-0.3, -0.25) is 0 Å². The van der Waals surface area contributed by atoms with E-state index in [1.807, 2.05) is 0 Å². The van der Waals surface area contributed by atoms with E-state index in [-0.39, 0.29) is 16.1 Å². The molecule has 0 fully saturated rings. The van der Waals surface area contributed by atoms with Gasteiger partial charge < -0.3 is 0 Å². The minimum Gasteiger partial charge on any atom is -0.192 e. The van der Waals surface area contributed by atoms with Crippen molar-refractivity contribution in [2.45, 2.75) is 32.4 Å². The van der Waals surface area contributed by atoms with Crippen LogP contribution in [0, 0.1) is 11.3 Å². The molecule has 17 heavy (non-hydrogen) atoms. The SMILES string of the molecule is CC(C)(C)c1cc(C#N)c(Cl)cc1C(F)(F)F. The molecule has 0 aliphatic rings. The second-order valence-electron chi connectivity index (χ2n) is 4.74. The molecule has 1 rings (SSSR count). The summed E-state index contributed by atoms with van der Waals surface area (Å²) in [7, 11) is 0. The molecule has 5 heteroatoms. The highest BCUT2D eigenvalue weighted by Crippen LogP contribution is 2.39. The molecule has 0 radical (unpaired) electrons. The number of nitrogens with zero attached hydrogens (tertiary/aromatic N) is 1. The maximum Gasteiger partial charge on any atom is 0.416 e. The van der Waals surface area contributed by atoms with Crippen LogP contribution in [0.5, 0.6) is 0 Å². The maximum absolute atomic E-state index is 12.9. The first-order valence-electron chi connectivity index (χ1n) is 4.88. The Bertz CT molecular complexity index is 478. The fourth-order valence-corrected chi connectivity index (χ4v) is 1.72. The Balaban J connectivity index is 3.61. The number of rotatable bonds is 0. The van der Waals surface area contributed by atoms with Crippen LogP contribution < -0.4 is 0 Å². The molecular weight excluding hydrogens is 251 g/mol. The highest BCUT2D eigenvalue weighted by atomic mass is 35.5. The minimum absolute atomic E-state index is 0.0598. The van der Waals surface area contributed by atoms with Gasteiger partial charge in [0.15, 0.2) is 0 Å². The van der Waals surface area contributed by atoms with Crippen molar-refractivity contribution in [1.29, 1.82) is 5.26 Å². The van der Waals surface area contributed by atoms with E-state index in [1.54, 1.807) is 26.8 Å². The maximum atomic E-state index is 12.9. The summed E-state index contributed by atoms with van der Waals surface area (Å²) in [6.45, 7) is 4.98. The van der Waals surface area contributed by atoms with Gasteiger partial charge in [0.05, 0.1) is 16.1 Å². The molecule has 0 N–H and O–H groups in total. The summed E-state index contributed by atoms with van der Waals surface area (Å²) >= 11 is 5.64. The molecule has 0 heterocycles. The standard InChI is InChI=1S/C12H11ClF3N/c1-11(2,3)8-4-7(6-17)10(13)5-9(8)12(14,15)16/h4-5H,1-3H3. The zero-order valence-corrected chi connectivity index (χ0v) is 10.4. The van der Waals surface area contributed by atoms with Crippen LogP contribution in [-0.4, -0.2) is 0 Å². The Kier molecular flexibility index (Phi) is 3.45. The van der Waals surface area contributed by atoms with E-state index in [0.29, 0.717) is 0 Å². The third kappa shape index (κ3) is 2.92. The lowest BCUT2D eigenvalue weighted by Gasteiger charge is -2.24. The smallest absolute Gasteiger partial charge is 0.192 e. The average Bonchev–Trinajstić information content (AvgIpc) is 2.14. The number of benzene rings is 1. The van der Waals surface area contributed by atoms with Crippen LogP contribution in [0.3, 0.4) is 0 Å². The number of nitriles is 1. The predicted molar refractivity (Wildman–Crippen MR) is 59.9 cm³/mol. The normalized spacial score (nSPS) is 12.4. The number of alkyl halides is 3. The first-order valence-corrected chi connectivity index (χ1v) is 5.26. The van der Waals surface area contributed by atoms with E-state index in [2.05, 4.69) is 0 Å². The molecule has 0 aliphatic carbocycles. The second-order valence-corrected chi connectivity index (χ2v) is 5.14. The van der Waals surface area contributed by atoms with Crippen molar-refractivity contribution < 1.29 is 13.2 Å². The summed E-state index contributed by atoms with van der Waals surface area (Å²) in [5.74, 6) is 0. The van der Waals surface area contributed by atoms with Gasteiger partial charge in [-0.1, -0.05) is 32.4 Å². The molecule has 1 aromatic carbocycles. The molecule has 0 unspecified atom stereocenters. The van der Waals surface area contributed by atoms with Crippen molar-refractivity contribution in [3.8, 4) is 6.07 Å². The van der Waals surface area contributed by atoms with Crippen LogP contribution in [0.1, 0.15) is 37.5 Å². The van der Waals surface area contributed by atoms with E-state index in [1.165, 1.54) is 6.07 Å². The molecule has 1 aromatic rings. The molecule has 1 nitrogen and oxygen atoms in total. The van der Waals surface area contributed by atoms with Crippen LogP contribution in [0.2, 0.25) is 5.02 Å². The summed E-state index contributed by atoms with van der Waals surface area (Å²) in [6, 6.07) is 3.82. The van der Waals surface area contributed by atoms with E-state index < -0.39 is 17.2 Å². The quantitative estimate of drug-likeness (QED) is 0.673. The van der Waals surface area contributed by atoms with E-state index in [0.717, 1.165) is 6.07 Å². The first-order chi connectivity index (χ1) is 7.57. The fourth-order valence-electron chi connectivity index (χ4n) is 1.51. The van der Waals surface area contributed by atoms with Crippen molar-refractivity contribution in [3.63, 3.8) is 0 Å².